The van der Waals surface area contributed by atoms with Crippen molar-refractivity contribution in [3.63, 3.8) is 0 Å². The minimum absolute atomic E-state index is 0.00208. The molecule has 0 atom stereocenters. The molecule has 128 valence electrons. The van der Waals surface area contributed by atoms with Crippen LogP contribution in [0, 0.1) is 0 Å². The summed E-state index contributed by atoms with van der Waals surface area (Å²) in [6.45, 7) is 0.328. The van der Waals surface area contributed by atoms with Crippen LogP contribution in [0.5, 0.6) is 0 Å². The lowest BCUT2D eigenvalue weighted by Gasteiger charge is -2.07. The van der Waals surface area contributed by atoms with Crippen molar-refractivity contribution in [3.8, 4) is 0 Å². The maximum atomic E-state index is 12.3. The van der Waals surface area contributed by atoms with Crippen LogP contribution in [0.1, 0.15) is 20.1 Å². The van der Waals surface area contributed by atoms with Crippen LogP contribution in [0.15, 0.2) is 47.2 Å². The second-order valence-electron chi connectivity index (χ2n) is 5.04. The minimum Gasteiger partial charge on any atom is -0.333 e. The largest absolute Gasteiger partial charge is 0.333 e. The number of carbonyl (C=O) groups is 2. The summed E-state index contributed by atoms with van der Waals surface area (Å²) < 4.78 is 0. The van der Waals surface area contributed by atoms with Gasteiger partial charge in [0.15, 0.2) is 0 Å². The van der Waals surface area contributed by atoms with Crippen molar-refractivity contribution in [2.45, 2.75) is 6.54 Å². The Hall–Kier alpha value is -1.86. The van der Waals surface area contributed by atoms with Gasteiger partial charge in [0.1, 0.15) is 0 Å². The van der Waals surface area contributed by atoms with Crippen molar-refractivity contribution in [3.05, 3.63) is 72.5 Å². The molecule has 0 spiro atoms. The minimum atomic E-state index is -0.363. The number of benzene rings is 1. The van der Waals surface area contributed by atoms with Crippen LogP contribution in [-0.2, 0) is 6.54 Å². The van der Waals surface area contributed by atoms with Crippen LogP contribution < -0.4 is 10.6 Å². The van der Waals surface area contributed by atoms with Gasteiger partial charge < -0.3 is 10.6 Å². The first-order valence-electron chi connectivity index (χ1n) is 7.18. The number of hydrogen-bond donors (Lipinski definition) is 2. The molecule has 0 aliphatic rings. The Balaban J connectivity index is 1.55. The van der Waals surface area contributed by atoms with Crippen molar-refractivity contribution < 1.29 is 9.59 Å². The number of carbonyl (C=O) groups excluding carboxylic acids is 2. The summed E-state index contributed by atoms with van der Waals surface area (Å²) >= 11 is 14.6. The fraction of sp³-hybridized carbons (Fsp3) is 0.0588. The molecule has 3 rings (SSSR count). The number of urea groups is 1. The first-order valence-corrected chi connectivity index (χ1v) is 9.70. The molecule has 2 amide bonds. The van der Waals surface area contributed by atoms with Gasteiger partial charge in [0.05, 0.1) is 21.5 Å². The normalized spacial score (nSPS) is 10.5. The molecule has 2 N–H and O–H groups in total. The van der Waals surface area contributed by atoms with Crippen LogP contribution in [-0.4, -0.2) is 11.8 Å². The van der Waals surface area contributed by atoms with Crippen LogP contribution in [0.25, 0.3) is 0 Å². The van der Waals surface area contributed by atoms with Gasteiger partial charge in [0.2, 0.25) is 5.78 Å². The summed E-state index contributed by atoms with van der Waals surface area (Å²) in [5.41, 5.74) is 1.23. The van der Waals surface area contributed by atoms with Crippen LogP contribution >= 0.6 is 45.9 Å². The molecule has 0 saturated carbocycles. The molecular formula is C17H12Cl2N2O2S2. The van der Waals surface area contributed by atoms with E-state index in [4.69, 9.17) is 23.2 Å². The topological polar surface area (TPSA) is 58.2 Å². The first-order chi connectivity index (χ1) is 12.0. The van der Waals surface area contributed by atoms with Gasteiger partial charge in [-0.1, -0.05) is 23.2 Å². The molecule has 8 heteroatoms. The number of amides is 2. The molecule has 0 radical (unpaired) electrons. The van der Waals surface area contributed by atoms with Gasteiger partial charge in [-0.3, -0.25) is 4.79 Å². The summed E-state index contributed by atoms with van der Waals surface area (Å²) in [5, 5.41) is 9.91. The van der Waals surface area contributed by atoms with E-state index in [0.717, 1.165) is 4.88 Å². The van der Waals surface area contributed by atoms with E-state index in [1.54, 1.807) is 30.3 Å². The average molecular weight is 411 g/mol. The number of rotatable bonds is 5. The van der Waals surface area contributed by atoms with Gasteiger partial charge in [-0.15, -0.1) is 11.3 Å². The third kappa shape index (κ3) is 4.61. The highest BCUT2D eigenvalue weighted by Gasteiger charge is 2.12. The second kappa shape index (κ2) is 8.01. The monoisotopic (exact) mass is 410 g/mol. The lowest BCUT2D eigenvalue weighted by Crippen LogP contribution is -2.27. The summed E-state index contributed by atoms with van der Waals surface area (Å²) in [6.07, 6.45) is 0. The van der Waals surface area contributed by atoms with Crippen molar-refractivity contribution in [1.82, 2.24) is 5.32 Å². The number of anilines is 1. The fourth-order valence-electron chi connectivity index (χ4n) is 2.05. The molecular weight excluding hydrogens is 399 g/mol. The lowest BCUT2D eigenvalue weighted by molar-refractivity contribution is 0.104. The fourth-order valence-corrected chi connectivity index (χ4v) is 3.89. The van der Waals surface area contributed by atoms with E-state index >= 15 is 0 Å². The van der Waals surface area contributed by atoms with Crippen molar-refractivity contribution in [2.75, 3.05) is 5.32 Å². The predicted molar refractivity (Wildman–Crippen MR) is 104 cm³/mol. The highest BCUT2D eigenvalue weighted by Crippen LogP contribution is 2.25. The molecule has 0 bridgehead atoms. The maximum Gasteiger partial charge on any atom is 0.319 e. The smallest absolute Gasteiger partial charge is 0.319 e. The van der Waals surface area contributed by atoms with Crippen molar-refractivity contribution in [2.24, 2.45) is 0 Å². The van der Waals surface area contributed by atoms with Crippen LogP contribution in [0.3, 0.4) is 0 Å². The van der Waals surface area contributed by atoms with Gasteiger partial charge in [-0.05, 0) is 41.8 Å². The molecule has 0 saturated heterocycles. The standard InChI is InChI=1S/C17H12Cl2N2O2S2/c18-13-3-1-11(7-14(13)19)21-17(23)20-8-12-2-4-15(25-12)16(22)10-5-6-24-9-10/h1-7,9H,8H2,(H2,20,21,23). The molecule has 4 nitrogen and oxygen atoms in total. The Morgan fingerprint density at radius 3 is 2.60 bits per heavy atom. The molecule has 1 aromatic carbocycles. The van der Waals surface area contributed by atoms with Gasteiger partial charge in [0.25, 0.3) is 0 Å². The quantitative estimate of drug-likeness (QED) is 0.532. The third-order valence-corrected chi connectivity index (χ3v) is 5.78. The van der Waals surface area contributed by atoms with Crippen molar-refractivity contribution in [1.29, 1.82) is 0 Å². The molecule has 2 heterocycles. The van der Waals surface area contributed by atoms with E-state index < -0.39 is 0 Å². The molecule has 0 fully saturated rings. The number of nitrogens with one attached hydrogen (secondary N) is 2. The highest BCUT2D eigenvalue weighted by atomic mass is 35.5. The zero-order chi connectivity index (χ0) is 17.8. The summed E-state index contributed by atoms with van der Waals surface area (Å²) in [7, 11) is 0. The Kier molecular flexibility index (Phi) is 5.75. The maximum absolute atomic E-state index is 12.3. The predicted octanol–water partition coefficient (Wildman–Crippen LogP) is 5.67. The zero-order valence-corrected chi connectivity index (χ0v) is 15.9. The molecule has 25 heavy (non-hydrogen) atoms. The Morgan fingerprint density at radius 1 is 1.04 bits per heavy atom. The Labute approximate surface area is 162 Å². The Bertz CT molecular complexity index is 907. The van der Waals surface area contributed by atoms with E-state index in [9.17, 15) is 9.59 Å². The molecule has 0 aliphatic carbocycles. The van der Waals surface area contributed by atoms with Crippen LogP contribution in [0.2, 0.25) is 10.0 Å². The van der Waals surface area contributed by atoms with E-state index in [-0.39, 0.29) is 11.8 Å². The number of ketones is 1. The summed E-state index contributed by atoms with van der Waals surface area (Å²) in [4.78, 5) is 25.7. The first kappa shape index (κ1) is 17.9. The number of halogens is 2. The van der Waals surface area contributed by atoms with Gasteiger partial charge in [-0.2, -0.15) is 11.3 Å². The summed E-state index contributed by atoms with van der Waals surface area (Å²) in [5.74, 6) is -0.00208. The van der Waals surface area contributed by atoms with Crippen molar-refractivity contribution >= 4 is 63.4 Å². The third-order valence-electron chi connectivity index (χ3n) is 3.27. The second-order valence-corrected chi connectivity index (χ2v) is 7.81. The summed E-state index contributed by atoms with van der Waals surface area (Å²) in [6, 6.07) is 9.90. The van der Waals surface area contributed by atoms with E-state index in [2.05, 4.69) is 10.6 Å². The number of hydrogen-bond acceptors (Lipinski definition) is 4. The SMILES string of the molecule is O=C(NCc1ccc(C(=O)c2ccsc2)s1)Nc1ccc(Cl)c(Cl)c1. The van der Waals surface area contributed by atoms with Gasteiger partial charge in [-0.25, -0.2) is 4.79 Å². The number of thiophene rings is 2. The van der Waals surface area contributed by atoms with Gasteiger partial charge in [0, 0.05) is 21.5 Å². The Morgan fingerprint density at radius 2 is 1.88 bits per heavy atom. The highest BCUT2D eigenvalue weighted by molar-refractivity contribution is 7.14. The van der Waals surface area contributed by atoms with Gasteiger partial charge >= 0.3 is 6.03 Å². The molecule has 3 aromatic rings. The van der Waals surface area contributed by atoms with E-state index in [0.29, 0.717) is 32.7 Å². The zero-order valence-electron chi connectivity index (χ0n) is 12.7. The lowest BCUT2D eigenvalue weighted by atomic mass is 10.2. The average Bonchev–Trinajstić information content (AvgIpc) is 3.27. The van der Waals surface area contributed by atoms with E-state index in [1.807, 2.05) is 16.8 Å². The van der Waals surface area contributed by atoms with Crippen LogP contribution in [0.4, 0.5) is 10.5 Å². The van der Waals surface area contributed by atoms with E-state index in [1.165, 1.54) is 22.7 Å². The molecule has 0 unspecified atom stereocenters. The molecule has 0 aliphatic heterocycles. The molecule has 2 aromatic heterocycles.